The minimum Gasteiger partial charge on any atom is -0.323 e. The minimum absolute atomic E-state index is 0.162. The normalized spacial score (nSPS) is 14.8. The minimum atomic E-state index is 0.162. The lowest BCUT2D eigenvalue weighted by Gasteiger charge is -2.26. The molecule has 1 heterocycles. The van der Waals surface area contributed by atoms with E-state index < -0.39 is 0 Å². The molecule has 1 nitrogen and oxygen atoms in total. The van der Waals surface area contributed by atoms with Gasteiger partial charge in [-0.25, -0.2) is 0 Å². The van der Waals surface area contributed by atoms with E-state index in [1.54, 1.807) is 11.3 Å². The number of thiophene rings is 1. The van der Waals surface area contributed by atoms with Crippen molar-refractivity contribution >= 4 is 11.3 Å². The van der Waals surface area contributed by atoms with Crippen LogP contribution < -0.4 is 5.73 Å². The molecule has 1 aromatic heterocycles. The van der Waals surface area contributed by atoms with Crippen LogP contribution in [0.15, 0.2) is 11.4 Å². The highest BCUT2D eigenvalue weighted by Gasteiger charge is 2.24. The number of nitrogens with two attached hydrogens (primary N) is 1. The highest BCUT2D eigenvalue weighted by Crippen LogP contribution is 2.34. The Morgan fingerprint density at radius 1 is 1.42 bits per heavy atom. The molecule has 0 fully saturated rings. The predicted molar refractivity (Wildman–Crippen MR) is 55.4 cm³/mol. The first-order valence-corrected chi connectivity index (χ1v) is 5.10. The van der Waals surface area contributed by atoms with Crippen LogP contribution in [0.25, 0.3) is 0 Å². The van der Waals surface area contributed by atoms with Gasteiger partial charge in [-0.3, -0.25) is 0 Å². The van der Waals surface area contributed by atoms with E-state index in [0.29, 0.717) is 0 Å². The largest absolute Gasteiger partial charge is 0.323 e. The van der Waals surface area contributed by atoms with Crippen LogP contribution >= 0.6 is 11.3 Å². The van der Waals surface area contributed by atoms with Crippen molar-refractivity contribution in [3.05, 3.63) is 21.9 Å². The Balaban J connectivity index is 2.92. The molecule has 1 atom stereocenters. The molecule has 0 amide bonds. The van der Waals surface area contributed by atoms with E-state index in [2.05, 4.69) is 39.1 Å². The molecule has 1 aromatic rings. The molecule has 0 aliphatic carbocycles. The van der Waals surface area contributed by atoms with Gasteiger partial charge in [-0.2, -0.15) is 0 Å². The van der Waals surface area contributed by atoms with Gasteiger partial charge in [0.2, 0.25) is 0 Å². The van der Waals surface area contributed by atoms with Crippen molar-refractivity contribution in [2.24, 2.45) is 11.1 Å². The Bertz CT molecular complexity index is 257. The van der Waals surface area contributed by atoms with Gasteiger partial charge in [0.05, 0.1) is 0 Å². The van der Waals surface area contributed by atoms with Crippen LogP contribution in [-0.2, 0) is 0 Å². The zero-order chi connectivity index (χ0) is 9.35. The molecule has 0 aliphatic rings. The van der Waals surface area contributed by atoms with Crippen LogP contribution in [0.2, 0.25) is 0 Å². The summed E-state index contributed by atoms with van der Waals surface area (Å²) < 4.78 is 0. The molecule has 1 rings (SSSR count). The number of hydrogen-bond donors (Lipinski definition) is 1. The molecule has 0 unspecified atom stereocenters. The van der Waals surface area contributed by atoms with Gasteiger partial charge < -0.3 is 5.73 Å². The molecule has 2 heteroatoms. The highest BCUT2D eigenvalue weighted by atomic mass is 32.1. The van der Waals surface area contributed by atoms with E-state index >= 15 is 0 Å². The number of hydrogen-bond acceptors (Lipinski definition) is 2. The second-order valence-corrected chi connectivity index (χ2v) is 5.26. The first kappa shape index (κ1) is 9.75. The SMILES string of the molecule is Cc1ccsc1[C@H](N)C(C)(C)C. The van der Waals surface area contributed by atoms with Crippen LogP contribution in [0.4, 0.5) is 0 Å². The zero-order valence-corrected chi connectivity index (χ0v) is 9.03. The van der Waals surface area contributed by atoms with E-state index in [1.165, 1.54) is 10.4 Å². The monoisotopic (exact) mass is 183 g/mol. The van der Waals surface area contributed by atoms with Crippen molar-refractivity contribution in [2.75, 3.05) is 0 Å². The van der Waals surface area contributed by atoms with Crippen molar-refractivity contribution < 1.29 is 0 Å². The van der Waals surface area contributed by atoms with E-state index in [0.717, 1.165) is 0 Å². The summed E-state index contributed by atoms with van der Waals surface area (Å²) >= 11 is 1.76. The third-order valence-electron chi connectivity index (χ3n) is 2.12. The third kappa shape index (κ3) is 1.87. The summed E-state index contributed by atoms with van der Waals surface area (Å²) in [5, 5.41) is 2.11. The zero-order valence-electron chi connectivity index (χ0n) is 8.22. The molecular weight excluding hydrogens is 166 g/mol. The third-order valence-corrected chi connectivity index (χ3v) is 3.22. The Morgan fingerprint density at radius 3 is 2.33 bits per heavy atom. The average molecular weight is 183 g/mol. The van der Waals surface area contributed by atoms with Gasteiger partial charge >= 0.3 is 0 Å². The number of rotatable bonds is 1. The maximum atomic E-state index is 6.13. The van der Waals surface area contributed by atoms with Gasteiger partial charge in [-0.1, -0.05) is 20.8 Å². The molecule has 12 heavy (non-hydrogen) atoms. The Labute approximate surface area is 78.6 Å². The summed E-state index contributed by atoms with van der Waals surface area (Å²) in [6.45, 7) is 8.65. The first-order valence-electron chi connectivity index (χ1n) is 4.22. The van der Waals surface area contributed by atoms with Gasteiger partial charge in [0.25, 0.3) is 0 Å². The summed E-state index contributed by atoms with van der Waals surface area (Å²) in [4.78, 5) is 1.32. The topological polar surface area (TPSA) is 26.0 Å². The maximum Gasteiger partial charge on any atom is 0.0441 e. The molecular formula is C10H17NS. The van der Waals surface area contributed by atoms with Gasteiger partial charge in [0.15, 0.2) is 0 Å². The first-order chi connectivity index (χ1) is 5.43. The van der Waals surface area contributed by atoms with E-state index in [1.807, 2.05) is 0 Å². The van der Waals surface area contributed by atoms with E-state index in [9.17, 15) is 0 Å². The lowest BCUT2D eigenvalue weighted by atomic mass is 9.85. The average Bonchev–Trinajstić information content (AvgIpc) is 2.31. The fourth-order valence-electron chi connectivity index (χ4n) is 1.10. The maximum absolute atomic E-state index is 6.13. The molecule has 68 valence electrons. The molecule has 0 radical (unpaired) electrons. The second-order valence-electron chi connectivity index (χ2n) is 4.31. The summed E-state index contributed by atoms with van der Waals surface area (Å²) in [6, 6.07) is 2.29. The van der Waals surface area contributed by atoms with E-state index in [4.69, 9.17) is 5.73 Å². The van der Waals surface area contributed by atoms with Crippen LogP contribution in [0.3, 0.4) is 0 Å². The summed E-state index contributed by atoms with van der Waals surface area (Å²) in [5.74, 6) is 0. The summed E-state index contributed by atoms with van der Waals surface area (Å²) in [5.41, 5.74) is 7.61. The van der Waals surface area contributed by atoms with Crippen LogP contribution in [0, 0.1) is 12.3 Å². The highest BCUT2D eigenvalue weighted by molar-refractivity contribution is 7.10. The molecule has 0 aromatic carbocycles. The molecule has 0 saturated carbocycles. The van der Waals surface area contributed by atoms with Gasteiger partial charge in [-0.15, -0.1) is 11.3 Å². The van der Waals surface area contributed by atoms with Gasteiger partial charge in [0, 0.05) is 10.9 Å². The molecule has 0 bridgehead atoms. The molecule has 0 aliphatic heterocycles. The summed E-state index contributed by atoms with van der Waals surface area (Å²) in [6.07, 6.45) is 0. The predicted octanol–water partition coefficient (Wildman–Crippen LogP) is 3.10. The van der Waals surface area contributed by atoms with Crippen molar-refractivity contribution in [1.29, 1.82) is 0 Å². The Hall–Kier alpha value is -0.340. The van der Waals surface area contributed by atoms with Crippen molar-refractivity contribution in [3.8, 4) is 0 Å². The van der Waals surface area contributed by atoms with Crippen molar-refractivity contribution in [1.82, 2.24) is 0 Å². The lowest BCUT2D eigenvalue weighted by molar-refractivity contribution is 0.330. The standard InChI is InChI=1S/C10H17NS/c1-7-5-6-12-8(7)9(11)10(2,3)4/h5-6,9H,11H2,1-4H3/t9-/m0/s1. The van der Waals surface area contributed by atoms with Crippen LogP contribution in [0.5, 0.6) is 0 Å². The Kier molecular flexibility index (Phi) is 2.59. The fraction of sp³-hybridized carbons (Fsp3) is 0.600. The van der Waals surface area contributed by atoms with Gasteiger partial charge in [-0.05, 0) is 29.3 Å². The lowest BCUT2D eigenvalue weighted by Crippen LogP contribution is -2.25. The van der Waals surface area contributed by atoms with Crippen molar-refractivity contribution in [2.45, 2.75) is 33.7 Å². The van der Waals surface area contributed by atoms with Crippen LogP contribution in [-0.4, -0.2) is 0 Å². The smallest absolute Gasteiger partial charge is 0.0441 e. The molecule has 0 spiro atoms. The molecule has 0 saturated heterocycles. The van der Waals surface area contributed by atoms with Crippen LogP contribution in [0.1, 0.15) is 37.3 Å². The quantitative estimate of drug-likeness (QED) is 0.711. The molecule has 2 N–H and O–H groups in total. The fourth-order valence-corrected chi connectivity index (χ4v) is 2.27. The van der Waals surface area contributed by atoms with Gasteiger partial charge in [0.1, 0.15) is 0 Å². The van der Waals surface area contributed by atoms with Crippen molar-refractivity contribution in [3.63, 3.8) is 0 Å². The second kappa shape index (κ2) is 3.19. The Morgan fingerprint density at radius 2 is 2.00 bits per heavy atom. The summed E-state index contributed by atoms with van der Waals surface area (Å²) in [7, 11) is 0. The van der Waals surface area contributed by atoms with E-state index in [-0.39, 0.29) is 11.5 Å². The number of aryl methyl sites for hydroxylation is 1.